The Morgan fingerprint density at radius 3 is 2.85 bits per heavy atom. The highest BCUT2D eigenvalue weighted by molar-refractivity contribution is 5.83. The van der Waals surface area contributed by atoms with Crippen LogP contribution in [0.4, 0.5) is 11.8 Å². The molecule has 2 aliphatic heterocycles. The average Bonchev–Trinajstić information content (AvgIpc) is 2.88. The lowest BCUT2D eigenvalue weighted by Gasteiger charge is -2.35. The van der Waals surface area contributed by atoms with Crippen molar-refractivity contribution in [3.05, 3.63) is 52.1 Å². The third-order valence-electron chi connectivity index (χ3n) is 6.46. The second-order valence-electron chi connectivity index (χ2n) is 8.63. The van der Waals surface area contributed by atoms with E-state index in [-0.39, 0.29) is 11.5 Å². The highest BCUT2D eigenvalue weighted by atomic mass is 16.5. The van der Waals surface area contributed by atoms with Gasteiger partial charge in [-0.15, -0.1) is 0 Å². The van der Waals surface area contributed by atoms with E-state index in [1.54, 1.807) is 12.3 Å². The van der Waals surface area contributed by atoms with Gasteiger partial charge in [-0.3, -0.25) is 9.59 Å². The molecule has 1 aromatic carbocycles. The van der Waals surface area contributed by atoms with Gasteiger partial charge in [-0.05, 0) is 30.9 Å². The second-order valence-corrected chi connectivity index (χ2v) is 8.63. The van der Waals surface area contributed by atoms with Crippen molar-refractivity contribution < 1.29 is 9.53 Å². The second kappa shape index (κ2) is 10.2. The normalized spacial score (nSPS) is 15.8. The van der Waals surface area contributed by atoms with Gasteiger partial charge < -0.3 is 19.9 Å². The van der Waals surface area contributed by atoms with Crippen LogP contribution in [-0.4, -0.2) is 76.9 Å². The average molecular weight is 464 g/mol. The molecular weight excluding hydrogens is 434 g/mol. The van der Waals surface area contributed by atoms with Crippen LogP contribution in [0.5, 0.6) is 0 Å². The Hall–Kier alpha value is -3.53. The maximum Gasteiger partial charge on any atom is 0.272 e. The van der Waals surface area contributed by atoms with Gasteiger partial charge >= 0.3 is 0 Å². The number of anilines is 2. The summed E-state index contributed by atoms with van der Waals surface area (Å²) in [6.07, 6.45) is 6.74. The Bertz CT molecular complexity index is 1220. The van der Waals surface area contributed by atoms with Crippen molar-refractivity contribution >= 4 is 28.4 Å². The molecule has 34 heavy (non-hydrogen) atoms. The van der Waals surface area contributed by atoms with E-state index in [1.165, 1.54) is 5.56 Å². The van der Waals surface area contributed by atoms with E-state index >= 15 is 0 Å². The van der Waals surface area contributed by atoms with Crippen molar-refractivity contribution in [3.63, 3.8) is 0 Å². The minimum atomic E-state index is -0.194. The fourth-order valence-electron chi connectivity index (χ4n) is 4.53. The predicted octanol–water partition coefficient (Wildman–Crippen LogP) is 1.37. The maximum absolute atomic E-state index is 12.6. The molecular formula is C24H29N7O3. The summed E-state index contributed by atoms with van der Waals surface area (Å²) in [4.78, 5) is 37.7. The lowest BCUT2D eigenvalue weighted by Crippen LogP contribution is -2.49. The summed E-state index contributed by atoms with van der Waals surface area (Å²) in [7, 11) is 0. The van der Waals surface area contributed by atoms with E-state index in [1.807, 2.05) is 23.2 Å². The van der Waals surface area contributed by atoms with Crippen molar-refractivity contribution in [2.24, 2.45) is 0 Å². The number of H-pyrrole nitrogens is 1. The smallest absolute Gasteiger partial charge is 0.272 e. The molecule has 5 rings (SSSR count). The summed E-state index contributed by atoms with van der Waals surface area (Å²) in [5, 5.41) is 11.2. The summed E-state index contributed by atoms with van der Waals surface area (Å²) >= 11 is 0. The largest absolute Gasteiger partial charge is 0.381 e. The number of fused-ring (bicyclic) bond motifs is 2. The Labute approximate surface area is 197 Å². The topological polar surface area (TPSA) is 116 Å². The quantitative estimate of drug-likeness (QED) is 0.505. The first-order chi connectivity index (χ1) is 16.7. The monoisotopic (exact) mass is 463 g/mol. The molecule has 1 amide bonds. The maximum atomic E-state index is 12.6. The number of piperazine rings is 1. The van der Waals surface area contributed by atoms with Gasteiger partial charge in [0.2, 0.25) is 11.9 Å². The zero-order valence-corrected chi connectivity index (χ0v) is 19.1. The summed E-state index contributed by atoms with van der Waals surface area (Å²) < 4.78 is 5.73. The van der Waals surface area contributed by atoms with Gasteiger partial charge in [-0.25, -0.2) is 10.1 Å². The fraction of sp³-hybridized carbons (Fsp3) is 0.458. The Morgan fingerprint density at radius 1 is 1.09 bits per heavy atom. The highest BCUT2D eigenvalue weighted by Crippen LogP contribution is 2.22. The van der Waals surface area contributed by atoms with Crippen LogP contribution in [0.15, 0.2) is 35.4 Å². The SMILES string of the molecule is O=C(CCOCCc1cccc2c(=O)[nH]ncc12)N1CCN(c2ncc3c(n2)NCCC3)CC1. The molecule has 4 heterocycles. The van der Waals surface area contributed by atoms with E-state index in [2.05, 4.69) is 30.4 Å². The van der Waals surface area contributed by atoms with Crippen LogP contribution in [0.3, 0.4) is 0 Å². The number of nitrogens with zero attached hydrogens (tertiary/aromatic N) is 5. The molecule has 2 aromatic heterocycles. The molecule has 0 saturated carbocycles. The van der Waals surface area contributed by atoms with Crippen LogP contribution in [-0.2, 0) is 22.4 Å². The minimum absolute atomic E-state index is 0.105. The molecule has 10 nitrogen and oxygen atoms in total. The molecule has 0 radical (unpaired) electrons. The van der Waals surface area contributed by atoms with Crippen LogP contribution in [0, 0.1) is 0 Å². The van der Waals surface area contributed by atoms with Crippen LogP contribution in [0.1, 0.15) is 24.0 Å². The Morgan fingerprint density at radius 2 is 1.97 bits per heavy atom. The molecule has 1 saturated heterocycles. The third kappa shape index (κ3) is 4.86. The number of rotatable bonds is 7. The number of aromatic nitrogens is 4. The molecule has 0 bridgehead atoms. The molecule has 2 aliphatic rings. The first-order valence-corrected chi connectivity index (χ1v) is 11.8. The molecule has 2 N–H and O–H groups in total. The lowest BCUT2D eigenvalue weighted by atomic mass is 10.1. The van der Waals surface area contributed by atoms with Crippen LogP contribution in [0.2, 0.25) is 0 Å². The predicted molar refractivity (Wildman–Crippen MR) is 129 cm³/mol. The molecule has 1 fully saturated rings. The number of amides is 1. The summed E-state index contributed by atoms with van der Waals surface area (Å²) in [5.41, 5.74) is 1.99. The number of carbonyl (C=O) groups is 1. The molecule has 0 unspecified atom stereocenters. The van der Waals surface area contributed by atoms with Crippen LogP contribution in [0.25, 0.3) is 10.8 Å². The molecule has 0 atom stereocenters. The van der Waals surface area contributed by atoms with Gasteiger partial charge in [0.05, 0.1) is 31.2 Å². The summed E-state index contributed by atoms with van der Waals surface area (Å²) in [6, 6.07) is 5.62. The number of benzene rings is 1. The number of hydrogen-bond acceptors (Lipinski definition) is 8. The van der Waals surface area contributed by atoms with Gasteiger partial charge in [0.15, 0.2) is 0 Å². The van der Waals surface area contributed by atoms with E-state index in [9.17, 15) is 9.59 Å². The standard InChI is InChI=1S/C24H29N7O3/c32-21(7-14-34-13-6-17-3-1-5-19-20(17)16-27-29-23(19)33)30-9-11-31(12-10-30)24-26-15-18-4-2-8-25-22(18)28-24/h1,3,5,15-16H,2,4,6-14H2,(H,29,33)(H,25,26,28). The zero-order valence-electron chi connectivity index (χ0n) is 19.1. The van der Waals surface area contributed by atoms with E-state index < -0.39 is 0 Å². The Kier molecular flexibility index (Phi) is 6.66. The number of aryl methyl sites for hydroxylation is 1. The molecule has 3 aromatic rings. The minimum Gasteiger partial charge on any atom is -0.381 e. The molecule has 0 spiro atoms. The number of carbonyl (C=O) groups excluding carboxylic acids is 1. The number of ether oxygens (including phenoxy) is 1. The van der Waals surface area contributed by atoms with E-state index in [0.29, 0.717) is 44.5 Å². The number of hydrogen-bond donors (Lipinski definition) is 2. The first-order valence-electron chi connectivity index (χ1n) is 11.8. The van der Waals surface area contributed by atoms with E-state index in [4.69, 9.17) is 4.74 Å². The lowest BCUT2D eigenvalue weighted by molar-refractivity contribution is -0.132. The Balaban J connectivity index is 1.05. The van der Waals surface area contributed by atoms with Crippen molar-refractivity contribution in [2.75, 3.05) is 56.2 Å². The molecule has 10 heteroatoms. The summed E-state index contributed by atoms with van der Waals surface area (Å²) in [6.45, 7) is 4.57. The number of nitrogens with one attached hydrogen (secondary N) is 2. The zero-order chi connectivity index (χ0) is 23.3. The van der Waals surface area contributed by atoms with Crippen LogP contribution < -0.4 is 15.8 Å². The van der Waals surface area contributed by atoms with Gasteiger partial charge in [-0.2, -0.15) is 10.1 Å². The summed E-state index contributed by atoms with van der Waals surface area (Å²) in [5.74, 6) is 1.78. The molecule has 0 aliphatic carbocycles. The van der Waals surface area contributed by atoms with Crippen molar-refractivity contribution in [3.8, 4) is 0 Å². The van der Waals surface area contributed by atoms with Gasteiger partial charge in [0.1, 0.15) is 5.82 Å². The first kappa shape index (κ1) is 22.3. The van der Waals surface area contributed by atoms with Gasteiger partial charge in [0, 0.05) is 49.9 Å². The third-order valence-corrected chi connectivity index (χ3v) is 6.46. The fourth-order valence-corrected chi connectivity index (χ4v) is 4.53. The van der Waals surface area contributed by atoms with Gasteiger partial charge in [-0.1, -0.05) is 12.1 Å². The highest BCUT2D eigenvalue weighted by Gasteiger charge is 2.23. The van der Waals surface area contributed by atoms with Gasteiger partial charge in [0.25, 0.3) is 5.56 Å². The van der Waals surface area contributed by atoms with Crippen molar-refractivity contribution in [1.29, 1.82) is 0 Å². The van der Waals surface area contributed by atoms with E-state index in [0.717, 1.165) is 55.2 Å². The van der Waals surface area contributed by atoms with Crippen molar-refractivity contribution in [1.82, 2.24) is 25.1 Å². The molecule has 178 valence electrons. The number of aromatic amines is 1. The van der Waals surface area contributed by atoms with Crippen molar-refractivity contribution in [2.45, 2.75) is 25.7 Å². The van der Waals surface area contributed by atoms with Crippen LogP contribution >= 0.6 is 0 Å².